The predicted molar refractivity (Wildman–Crippen MR) is 125 cm³/mol. The third-order valence-electron chi connectivity index (χ3n) is 4.52. The van der Waals surface area contributed by atoms with E-state index in [0.29, 0.717) is 11.6 Å². The van der Waals surface area contributed by atoms with Crippen LogP contribution in [0.5, 0.6) is 5.75 Å². The Morgan fingerprint density at radius 1 is 0.867 bits per heavy atom. The summed E-state index contributed by atoms with van der Waals surface area (Å²) in [7, 11) is 0. The second-order valence-electron chi connectivity index (χ2n) is 6.69. The highest BCUT2D eigenvalue weighted by molar-refractivity contribution is 9.10. The Kier molecular flexibility index (Phi) is 5.86. The lowest BCUT2D eigenvalue weighted by molar-refractivity contribution is 0.475. The summed E-state index contributed by atoms with van der Waals surface area (Å²) in [6, 6.07) is 26.6. The average molecular weight is 459 g/mol. The molecule has 3 aromatic carbocycles. The van der Waals surface area contributed by atoms with E-state index in [1.54, 1.807) is 12.1 Å². The molecule has 0 aliphatic rings. The lowest BCUT2D eigenvalue weighted by atomic mass is 10.1. The molecule has 0 aliphatic heterocycles. The van der Waals surface area contributed by atoms with E-state index in [2.05, 4.69) is 31.4 Å². The van der Waals surface area contributed by atoms with E-state index in [4.69, 9.17) is 4.98 Å². The van der Waals surface area contributed by atoms with Gasteiger partial charge < -0.3 is 5.11 Å². The molecule has 6 heteroatoms. The number of hydrogen-bond donors (Lipinski definition) is 2. The Morgan fingerprint density at radius 3 is 2.27 bits per heavy atom. The van der Waals surface area contributed by atoms with E-state index in [-0.39, 0.29) is 5.75 Å². The maximum absolute atomic E-state index is 9.47. The van der Waals surface area contributed by atoms with E-state index in [1.807, 2.05) is 79.7 Å². The zero-order chi connectivity index (χ0) is 20.9. The van der Waals surface area contributed by atoms with Gasteiger partial charge in [0.25, 0.3) is 0 Å². The number of phenols is 1. The van der Waals surface area contributed by atoms with Crippen LogP contribution in [0.15, 0.2) is 94.5 Å². The van der Waals surface area contributed by atoms with Crippen molar-refractivity contribution in [3.63, 3.8) is 0 Å². The van der Waals surface area contributed by atoms with Gasteiger partial charge >= 0.3 is 0 Å². The number of anilines is 1. The van der Waals surface area contributed by atoms with Crippen molar-refractivity contribution < 1.29 is 5.11 Å². The number of hydrazone groups is 1. The highest BCUT2D eigenvalue weighted by atomic mass is 79.9. The van der Waals surface area contributed by atoms with E-state index in [9.17, 15) is 5.11 Å². The maximum Gasteiger partial charge on any atom is 0.162 e. The molecule has 0 unspecified atom stereocenters. The first kappa shape index (κ1) is 19.8. The molecule has 4 aromatic rings. The minimum atomic E-state index is 0.224. The number of benzene rings is 3. The summed E-state index contributed by atoms with van der Waals surface area (Å²) in [6.45, 7) is 1.90. The van der Waals surface area contributed by atoms with Crippen LogP contribution in [0.4, 0.5) is 5.82 Å². The lowest BCUT2D eigenvalue weighted by Gasteiger charge is -2.09. The van der Waals surface area contributed by atoms with Crippen LogP contribution < -0.4 is 5.43 Å². The molecule has 148 valence electrons. The SMILES string of the molecule is C/C(=N\Nc1cc(-c2ccccc2)nc(-c2ccc(Br)cc2)n1)c1ccc(O)cc1. The first-order chi connectivity index (χ1) is 14.6. The lowest BCUT2D eigenvalue weighted by Crippen LogP contribution is -2.03. The van der Waals surface area contributed by atoms with Gasteiger partial charge in [0.1, 0.15) is 5.75 Å². The second-order valence-corrected chi connectivity index (χ2v) is 7.61. The van der Waals surface area contributed by atoms with Crippen LogP contribution in [0, 0.1) is 0 Å². The van der Waals surface area contributed by atoms with Crippen molar-refractivity contribution >= 4 is 27.5 Å². The number of nitrogens with zero attached hydrogens (tertiary/aromatic N) is 3. The standard InChI is InChI=1S/C24H19BrN4O/c1-16(17-9-13-21(30)14-10-17)28-29-23-15-22(18-5-3-2-4-6-18)26-24(27-23)19-7-11-20(25)12-8-19/h2-15,30H,1H3,(H,26,27,29)/b28-16+. The monoisotopic (exact) mass is 458 g/mol. The van der Waals surface area contributed by atoms with Gasteiger partial charge in [0, 0.05) is 21.7 Å². The molecule has 0 spiro atoms. The zero-order valence-corrected chi connectivity index (χ0v) is 17.8. The summed E-state index contributed by atoms with van der Waals surface area (Å²) >= 11 is 3.46. The Hall–Kier alpha value is -3.51. The van der Waals surface area contributed by atoms with E-state index in [1.165, 1.54) is 0 Å². The molecule has 0 bridgehead atoms. The van der Waals surface area contributed by atoms with Gasteiger partial charge in [-0.15, -0.1) is 0 Å². The van der Waals surface area contributed by atoms with Gasteiger partial charge in [0.05, 0.1) is 11.4 Å². The van der Waals surface area contributed by atoms with Crippen molar-refractivity contribution in [2.45, 2.75) is 6.92 Å². The van der Waals surface area contributed by atoms with Gasteiger partial charge in [0.15, 0.2) is 11.6 Å². The third kappa shape index (κ3) is 4.72. The summed E-state index contributed by atoms with van der Waals surface area (Å²) in [4.78, 5) is 9.41. The number of rotatable bonds is 5. The number of halogens is 1. The molecule has 0 amide bonds. The predicted octanol–water partition coefficient (Wildman–Crippen LogP) is 6.11. The zero-order valence-electron chi connectivity index (χ0n) is 16.2. The normalized spacial score (nSPS) is 11.3. The van der Waals surface area contributed by atoms with Gasteiger partial charge in [0.2, 0.25) is 0 Å². The number of phenolic OH excluding ortho intramolecular Hbond substituents is 1. The largest absolute Gasteiger partial charge is 0.508 e. The van der Waals surface area contributed by atoms with Gasteiger partial charge in [-0.1, -0.05) is 58.4 Å². The second kappa shape index (κ2) is 8.88. The van der Waals surface area contributed by atoms with Crippen molar-refractivity contribution in [2.75, 3.05) is 5.43 Å². The molecule has 30 heavy (non-hydrogen) atoms. The molecular formula is C24H19BrN4O. The Morgan fingerprint density at radius 2 is 1.57 bits per heavy atom. The quantitative estimate of drug-likeness (QED) is 0.279. The minimum Gasteiger partial charge on any atom is -0.508 e. The van der Waals surface area contributed by atoms with Crippen molar-refractivity contribution in [1.29, 1.82) is 0 Å². The van der Waals surface area contributed by atoms with Crippen LogP contribution in [0.1, 0.15) is 12.5 Å². The van der Waals surface area contributed by atoms with E-state index >= 15 is 0 Å². The highest BCUT2D eigenvalue weighted by Crippen LogP contribution is 2.25. The third-order valence-corrected chi connectivity index (χ3v) is 5.05. The Balaban J connectivity index is 1.71. The molecule has 4 rings (SSSR count). The van der Waals surface area contributed by atoms with Crippen LogP contribution in [-0.2, 0) is 0 Å². The fourth-order valence-electron chi connectivity index (χ4n) is 2.90. The summed E-state index contributed by atoms with van der Waals surface area (Å²) in [6.07, 6.45) is 0. The molecule has 0 atom stereocenters. The number of aromatic hydroxyl groups is 1. The summed E-state index contributed by atoms with van der Waals surface area (Å²) in [5.74, 6) is 1.44. The molecule has 0 aliphatic carbocycles. The van der Waals surface area contributed by atoms with Gasteiger partial charge in [-0.05, 0) is 48.9 Å². The molecule has 0 saturated heterocycles. The average Bonchev–Trinajstić information content (AvgIpc) is 2.79. The topological polar surface area (TPSA) is 70.4 Å². The van der Waals surface area contributed by atoms with Gasteiger partial charge in [-0.3, -0.25) is 5.43 Å². The summed E-state index contributed by atoms with van der Waals surface area (Å²) < 4.78 is 0.998. The Labute approximate surface area is 183 Å². The fourth-order valence-corrected chi connectivity index (χ4v) is 3.16. The first-order valence-electron chi connectivity index (χ1n) is 9.38. The van der Waals surface area contributed by atoms with E-state index in [0.717, 1.165) is 32.6 Å². The number of nitrogens with one attached hydrogen (secondary N) is 1. The van der Waals surface area contributed by atoms with Crippen molar-refractivity contribution in [3.05, 3.63) is 95.0 Å². The molecular weight excluding hydrogens is 440 g/mol. The highest BCUT2D eigenvalue weighted by Gasteiger charge is 2.09. The molecule has 0 radical (unpaired) electrons. The van der Waals surface area contributed by atoms with Crippen LogP contribution in [0.3, 0.4) is 0 Å². The van der Waals surface area contributed by atoms with Crippen LogP contribution in [0.2, 0.25) is 0 Å². The van der Waals surface area contributed by atoms with Crippen LogP contribution in [0.25, 0.3) is 22.6 Å². The number of hydrogen-bond acceptors (Lipinski definition) is 5. The van der Waals surface area contributed by atoms with Crippen LogP contribution >= 0.6 is 15.9 Å². The molecule has 1 heterocycles. The van der Waals surface area contributed by atoms with Crippen LogP contribution in [-0.4, -0.2) is 20.8 Å². The van der Waals surface area contributed by atoms with Gasteiger partial charge in [-0.2, -0.15) is 5.10 Å². The molecule has 0 saturated carbocycles. The summed E-state index contributed by atoms with van der Waals surface area (Å²) in [5, 5.41) is 13.9. The summed E-state index contributed by atoms with van der Waals surface area (Å²) in [5.41, 5.74) is 7.46. The molecule has 2 N–H and O–H groups in total. The fraction of sp³-hybridized carbons (Fsp3) is 0.0417. The van der Waals surface area contributed by atoms with Crippen molar-refractivity contribution in [1.82, 2.24) is 9.97 Å². The minimum absolute atomic E-state index is 0.224. The molecule has 5 nitrogen and oxygen atoms in total. The maximum atomic E-state index is 9.47. The smallest absolute Gasteiger partial charge is 0.162 e. The van der Waals surface area contributed by atoms with Crippen molar-refractivity contribution in [2.24, 2.45) is 5.10 Å². The first-order valence-corrected chi connectivity index (χ1v) is 10.2. The number of aromatic nitrogens is 2. The molecule has 1 aromatic heterocycles. The molecule has 0 fully saturated rings. The van der Waals surface area contributed by atoms with Crippen molar-refractivity contribution in [3.8, 4) is 28.4 Å². The van der Waals surface area contributed by atoms with Gasteiger partial charge in [-0.25, -0.2) is 9.97 Å². The Bertz CT molecular complexity index is 1170. The van der Waals surface area contributed by atoms with E-state index < -0.39 is 0 Å².